The van der Waals surface area contributed by atoms with Crippen LogP contribution in [0.4, 0.5) is 16.3 Å². The molecule has 0 fully saturated rings. The molecule has 0 aliphatic carbocycles. The van der Waals surface area contributed by atoms with E-state index in [0.717, 1.165) is 4.90 Å². The van der Waals surface area contributed by atoms with Gasteiger partial charge in [-0.15, -0.1) is 4.36 Å². The van der Waals surface area contributed by atoms with Crippen LogP contribution in [0.1, 0.15) is 20.7 Å². The highest BCUT2D eigenvalue weighted by Crippen LogP contribution is 2.23. The lowest BCUT2D eigenvalue weighted by molar-refractivity contribution is 0.102. The third kappa shape index (κ3) is 7.49. The van der Waals surface area contributed by atoms with E-state index in [2.05, 4.69) is 20.0 Å². The first-order chi connectivity index (χ1) is 17.5. The molecule has 3 N–H and O–H groups in total. The third-order valence-electron chi connectivity index (χ3n) is 5.01. The van der Waals surface area contributed by atoms with Crippen LogP contribution >= 0.6 is 23.2 Å². The summed E-state index contributed by atoms with van der Waals surface area (Å²) in [6.07, 6.45) is 2.69. The second-order valence-electron chi connectivity index (χ2n) is 7.81. The van der Waals surface area contributed by atoms with E-state index < -0.39 is 27.6 Å². The van der Waals surface area contributed by atoms with Crippen molar-refractivity contribution in [1.82, 2.24) is 9.88 Å². The minimum Gasteiger partial charge on any atom is -0.395 e. The summed E-state index contributed by atoms with van der Waals surface area (Å²) >= 11 is 11.9. The van der Waals surface area contributed by atoms with Crippen LogP contribution in [0, 0.1) is 0 Å². The van der Waals surface area contributed by atoms with Crippen molar-refractivity contribution >= 4 is 62.3 Å². The fourth-order valence-electron chi connectivity index (χ4n) is 3.02. The Balaban J connectivity index is 1.79. The summed E-state index contributed by atoms with van der Waals surface area (Å²) < 4.78 is 16.7. The quantitative estimate of drug-likeness (QED) is 0.389. The van der Waals surface area contributed by atoms with Gasteiger partial charge in [0.2, 0.25) is 0 Å². The molecule has 0 bridgehead atoms. The fraction of sp³-hybridized carbons (Fsp3) is 0.167. The van der Waals surface area contributed by atoms with Crippen LogP contribution in [0.2, 0.25) is 10.0 Å². The first-order valence-corrected chi connectivity index (χ1v) is 13.4. The first-order valence-electron chi connectivity index (χ1n) is 10.7. The van der Waals surface area contributed by atoms with Gasteiger partial charge in [0.15, 0.2) is 0 Å². The average molecular weight is 564 g/mol. The van der Waals surface area contributed by atoms with Gasteiger partial charge in [0.25, 0.3) is 11.8 Å². The monoisotopic (exact) mass is 563 g/mol. The maximum Gasteiger partial charge on any atom is 0.351 e. The molecular formula is C24H23Cl2N5O5S. The van der Waals surface area contributed by atoms with Gasteiger partial charge in [-0.05, 0) is 54.6 Å². The van der Waals surface area contributed by atoms with E-state index >= 15 is 0 Å². The molecule has 1 unspecified atom stereocenters. The summed E-state index contributed by atoms with van der Waals surface area (Å²) in [5.41, 5.74) is 0.523. The molecule has 0 spiro atoms. The Bertz CT molecular complexity index is 1440. The zero-order valence-electron chi connectivity index (χ0n) is 19.8. The summed E-state index contributed by atoms with van der Waals surface area (Å²) in [5.74, 6) is -0.825. The fourth-order valence-corrected chi connectivity index (χ4v) is 4.48. The Morgan fingerprint density at radius 2 is 1.68 bits per heavy atom. The van der Waals surface area contributed by atoms with Crippen molar-refractivity contribution in [2.75, 3.05) is 37.1 Å². The van der Waals surface area contributed by atoms with Gasteiger partial charge in [-0.1, -0.05) is 23.2 Å². The number of aliphatic hydroxyl groups is 1. The van der Waals surface area contributed by atoms with Gasteiger partial charge in [0.1, 0.15) is 5.82 Å². The molecule has 1 heterocycles. The summed E-state index contributed by atoms with van der Waals surface area (Å²) in [5, 5.41) is 14.9. The van der Waals surface area contributed by atoms with Gasteiger partial charge in [0, 0.05) is 41.5 Å². The predicted molar refractivity (Wildman–Crippen MR) is 143 cm³/mol. The Morgan fingerprint density at radius 3 is 2.30 bits per heavy atom. The van der Waals surface area contributed by atoms with Crippen LogP contribution in [-0.2, 0) is 9.73 Å². The molecule has 2 aromatic carbocycles. The molecule has 4 amide bonds. The number of anilines is 2. The number of rotatable bonds is 7. The van der Waals surface area contributed by atoms with Crippen molar-refractivity contribution < 1.29 is 23.7 Å². The van der Waals surface area contributed by atoms with E-state index in [1.807, 2.05) is 0 Å². The minimum absolute atomic E-state index is 0.0535. The number of amides is 4. The Kier molecular flexibility index (Phi) is 9.22. The number of nitrogens with zero attached hydrogens (tertiary/aromatic N) is 3. The van der Waals surface area contributed by atoms with E-state index in [9.17, 15) is 18.6 Å². The van der Waals surface area contributed by atoms with E-state index in [1.165, 1.54) is 68.0 Å². The molecule has 0 aliphatic heterocycles. The molecule has 3 rings (SSSR count). The number of aliphatic hydroxyl groups excluding tert-OH is 1. The summed E-state index contributed by atoms with van der Waals surface area (Å²) in [6, 6.07) is 12.5. The number of hydrogen-bond acceptors (Lipinski definition) is 6. The SMILES string of the molecule is CN(CCO)C(=O)N=S(C)(=O)c1ccc(C(=O)Nc2ccc(Cl)cc2C(=O)Nc2ccc(Cl)cn2)cc1. The molecule has 10 nitrogen and oxygen atoms in total. The summed E-state index contributed by atoms with van der Waals surface area (Å²) in [7, 11) is -1.66. The number of nitrogens with one attached hydrogen (secondary N) is 2. The number of hydrogen-bond donors (Lipinski definition) is 3. The highest BCUT2D eigenvalue weighted by Gasteiger charge is 2.17. The summed E-state index contributed by atoms with van der Waals surface area (Å²) in [6.45, 7) is -0.195. The number of carbonyl (C=O) groups is 3. The Hall–Kier alpha value is -3.51. The molecule has 1 aromatic heterocycles. The highest BCUT2D eigenvalue weighted by atomic mass is 35.5. The largest absolute Gasteiger partial charge is 0.395 e. The van der Waals surface area contributed by atoms with Crippen LogP contribution in [0.3, 0.4) is 0 Å². The van der Waals surface area contributed by atoms with E-state index in [-0.39, 0.29) is 45.7 Å². The van der Waals surface area contributed by atoms with Gasteiger partial charge in [0.05, 0.1) is 32.6 Å². The molecule has 3 aromatic rings. The number of carbonyl (C=O) groups excluding carboxylic acids is 3. The van der Waals surface area contributed by atoms with Crippen LogP contribution in [0.15, 0.2) is 70.1 Å². The molecule has 0 saturated carbocycles. The van der Waals surface area contributed by atoms with Crippen LogP contribution in [0.25, 0.3) is 0 Å². The van der Waals surface area contributed by atoms with Crippen LogP contribution in [-0.4, -0.2) is 63.5 Å². The topological polar surface area (TPSA) is 141 Å². The standard InChI is InChI=1S/C24H23Cl2N5O5S/c1-31(11-12-32)24(35)30-37(2,36)18-7-3-15(4-8-18)22(33)28-20-9-5-16(25)13-19(20)23(34)29-21-10-6-17(26)14-27-21/h3-10,13-14,32H,11-12H2,1-2H3,(H,28,33)(H,27,29,34). The van der Waals surface area contributed by atoms with Crippen molar-refractivity contribution in [1.29, 1.82) is 0 Å². The second kappa shape index (κ2) is 12.2. The van der Waals surface area contributed by atoms with E-state index in [0.29, 0.717) is 5.02 Å². The number of halogens is 2. The lowest BCUT2D eigenvalue weighted by Gasteiger charge is -2.14. The van der Waals surface area contributed by atoms with Crippen molar-refractivity contribution in [2.45, 2.75) is 4.90 Å². The van der Waals surface area contributed by atoms with Gasteiger partial charge >= 0.3 is 6.03 Å². The molecular weight excluding hydrogens is 541 g/mol. The second-order valence-corrected chi connectivity index (χ2v) is 10.9. The van der Waals surface area contributed by atoms with Crippen LogP contribution in [0.5, 0.6) is 0 Å². The van der Waals surface area contributed by atoms with E-state index in [4.69, 9.17) is 28.3 Å². The maximum atomic E-state index is 13.0. The van der Waals surface area contributed by atoms with Crippen LogP contribution < -0.4 is 10.6 Å². The normalized spacial score (nSPS) is 12.2. The highest BCUT2D eigenvalue weighted by molar-refractivity contribution is 7.93. The lowest BCUT2D eigenvalue weighted by atomic mass is 10.1. The maximum absolute atomic E-state index is 13.0. The smallest absolute Gasteiger partial charge is 0.351 e. The zero-order valence-corrected chi connectivity index (χ0v) is 22.1. The van der Waals surface area contributed by atoms with Crippen molar-refractivity contribution in [3.8, 4) is 0 Å². The first kappa shape index (κ1) is 28.1. The van der Waals surface area contributed by atoms with Gasteiger partial charge in [-0.25, -0.2) is 14.0 Å². The number of benzene rings is 2. The molecule has 13 heteroatoms. The van der Waals surface area contributed by atoms with Crippen molar-refractivity contribution in [3.63, 3.8) is 0 Å². The number of aromatic nitrogens is 1. The van der Waals surface area contributed by atoms with E-state index in [1.54, 1.807) is 6.07 Å². The Labute approximate surface area is 223 Å². The number of urea groups is 1. The van der Waals surface area contributed by atoms with Gasteiger partial charge < -0.3 is 20.6 Å². The number of likely N-dealkylation sites (N-methyl/N-ethyl adjacent to an activating group) is 1. The van der Waals surface area contributed by atoms with Gasteiger partial charge in [-0.3, -0.25) is 9.59 Å². The summed E-state index contributed by atoms with van der Waals surface area (Å²) in [4.78, 5) is 43.2. The predicted octanol–water partition coefficient (Wildman–Crippen LogP) is 4.39. The average Bonchev–Trinajstić information content (AvgIpc) is 2.86. The Morgan fingerprint density at radius 1 is 1.00 bits per heavy atom. The lowest BCUT2D eigenvalue weighted by Crippen LogP contribution is -2.27. The zero-order chi connectivity index (χ0) is 27.2. The molecule has 1 atom stereocenters. The van der Waals surface area contributed by atoms with Gasteiger partial charge in [-0.2, -0.15) is 0 Å². The minimum atomic E-state index is -3.09. The molecule has 0 aliphatic rings. The molecule has 0 saturated heterocycles. The van der Waals surface area contributed by atoms with Crippen molar-refractivity contribution in [3.05, 3.63) is 82.0 Å². The molecule has 37 heavy (non-hydrogen) atoms. The molecule has 0 radical (unpaired) electrons. The molecule has 194 valence electrons. The third-order valence-corrected chi connectivity index (χ3v) is 7.12. The van der Waals surface area contributed by atoms with Crippen molar-refractivity contribution in [2.24, 2.45) is 4.36 Å². The number of pyridine rings is 1.